The maximum Gasteiger partial charge on any atom is 0.230 e. The molecular weight excluding hydrogens is 284 g/mol. The van der Waals surface area contributed by atoms with Crippen LogP contribution in [0.2, 0.25) is 0 Å². The Bertz CT molecular complexity index is 523. The fourth-order valence-electron chi connectivity index (χ4n) is 2.64. The number of hydrogen-bond donors (Lipinski definition) is 2. The van der Waals surface area contributed by atoms with E-state index in [0.717, 1.165) is 30.6 Å². The van der Waals surface area contributed by atoms with Crippen molar-refractivity contribution in [3.8, 4) is 0 Å². The van der Waals surface area contributed by atoms with E-state index in [1.807, 2.05) is 32.0 Å². The van der Waals surface area contributed by atoms with Crippen LogP contribution in [0.15, 0.2) is 35.9 Å². The molecule has 116 valence electrons. The SMILES string of the molecule is Cc1ccccc1C(C)(C)C(=O)NCC1=CCNCC1.Cl. The summed E-state index contributed by atoms with van der Waals surface area (Å²) in [5.74, 6) is 0.0891. The van der Waals surface area contributed by atoms with E-state index in [4.69, 9.17) is 0 Å². The topological polar surface area (TPSA) is 41.1 Å². The van der Waals surface area contributed by atoms with E-state index in [1.54, 1.807) is 0 Å². The lowest BCUT2D eigenvalue weighted by molar-refractivity contribution is -0.125. The van der Waals surface area contributed by atoms with Gasteiger partial charge in [-0.3, -0.25) is 4.79 Å². The molecule has 0 aliphatic carbocycles. The lowest BCUT2D eigenvalue weighted by atomic mass is 9.81. The van der Waals surface area contributed by atoms with Crippen molar-refractivity contribution in [2.75, 3.05) is 19.6 Å². The summed E-state index contributed by atoms with van der Waals surface area (Å²) in [4.78, 5) is 12.5. The summed E-state index contributed by atoms with van der Waals surface area (Å²) in [6, 6.07) is 8.09. The molecule has 1 aliphatic rings. The number of hydrogen-bond acceptors (Lipinski definition) is 2. The highest BCUT2D eigenvalue weighted by molar-refractivity contribution is 5.87. The highest BCUT2D eigenvalue weighted by atomic mass is 35.5. The molecule has 1 aromatic rings. The van der Waals surface area contributed by atoms with Gasteiger partial charge in [-0.2, -0.15) is 0 Å². The molecule has 0 aromatic heterocycles. The summed E-state index contributed by atoms with van der Waals surface area (Å²) in [6.45, 7) is 8.60. The van der Waals surface area contributed by atoms with Gasteiger partial charge in [-0.25, -0.2) is 0 Å². The Hall–Kier alpha value is -1.32. The zero-order valence-corrected chi connectivity index (χ0v) is 13.8. The first kappa shape index (κ1) is 17.7. The Morgan fingerprint density at radius 2 is 2.05 bits per heavy atom. The van der Waals surface area contributed by atoms with E-state index < -0.39 is 5.41 Å². The highest BCUT2D eigenvalue weighted by Gasteiger charge is 2.30. The van der Waals surface area contributed by atoms with Crippen molar-refractivity contribution in [2.24, 2.45) is 0 Å². The van der Waals surface area contributed by atoms with Gasteiger partial charge in [0.05, 0.1) is 5.41 Å². The minimum Gasteiger partial charge on any atom is -0.352 e. The molecule has 2 rings (SSSR count). The minimum absolute atomic E-state index is 0. The number of carbonyl (C=O) groups excluding carboxylic acids is 1. The standard InChI is InChI=1S/C17H24N2O.ClH/c1-13-6-4-5-7-15(13)17(2,3)16(20)19-12-14-8-10-18-11-9-14;/h4-8,18H,9-12H2,1-3H3,(H,19,20);1H. The molecule has 0 spiro atoms. The third kappa shape index (κ3) is 4.32. The molecule has 1 heterocycles. The maximum absolute atomic E-state index is 12.5. The number of aryl methyl sites for hydroxylation is 1. The summed E-state index contributed by atoms with van der Waals surface area (Å²) in [5.41, 5.74) is 3.07. The largest absolute Gasteiger partial charge is 0.352 e. The Kier molecular flexibility index (Phi) is 6.43. The van der Waals surface area contributed by atoms with Crippen molar-refractivity contribution in [1.29, 1.82) is 0 Å². The summed E-state index contributed by atoms with van der Waals surface area (Å²) in [6.07, 6.45) is 3.19. The minimum atomic E-state index is -0.501. The summed E-state index contributed by atoms with van der Waals surface area (Å²) in [5, 5.41) is 6.36. The molecule has 0 radical (unpaired) electrons. The predicted molar refractivity (Wildman–Crippen MR) is 90.0 cm³/mol. The van der Waals surface area contributed by atoms with Crippen LogP contribution in [0.3, 0.4) is 0 Å². The Morgan fingerprint density at radius 1 is 1.33 bits per heavy atom. The van der Waals surface area contributed by atoms with Crippen LogP contribution in [0.5, 0.6) is 0 Å². The molecule has 21 heavy (non-hydrogen) atoms. The second-order valence-corrected chi connectivity index (χ2v) is 5.94. The lowest BCUT2D eigenvalue weighted by Gasteiger charge is -2.26. The Morgan fingerprint density at radius 3 is 2.67 bits per heavy atom. The van der Waals surface area contributed by atoms with Gasteiger partial charge in [0.1, 0.15) is 0 Å². The van der Waals surface area contributed by atoms with Crippen LogP contribution in [0.4, 0.5) is 0 Å². The quantitative estimate of drug-likeness (QED) is 0.840. The van der Waals surface area contributed by atoms with Gasteiger partial charge in [-0.05, 0) is 44.9 Å². The number of amides is 1. The van der Waals surface area contributed by atoms with Crippen molar-refractivity contribution >= 4 is 18.3 Å². The first-order valence-electron chi connectivity index (χ1n) is 7.25. The van der Waals surface area contributed by atoms with Crippen molar-refractivity contribution in [2.45, 2.75) is 32.6 Å². The molecule has 0 atom stereocenters. The van der Waals surface area contributed by atoms with E-state index in [9.17, 15) is 4.79 Å². The molecule has 0 bridgehead atoms. The van der Waals surface area contributed by atoms with E-state index in [1.165, 1.54) is 5.57 Å². The normalized spacial score (nSPS) is 14.9. The number of rotatable bonds is 4. The lowest BCUT2D eigenvalue weighted by Crippen LogP contribution is -2.41. The highest BCUT2D eigenvalue weighted by Crippen LogP contribution is 2.26. The van der Waals surface area contributed by atoms with Gasteiger partial charge in [0.15, 0.2) is 0 Å². The second-order valence-electron chi connectivity index (χ2n) is 5.94. The average Bonchev–Trinajstić information content (AvgIpc) is 2.46. The second kappa shape index (κ2) is 7.62. The fourth-order valence-corrected chi connectivity index (χ4v) is 2.64. The van der Waals surface area contributed by atoms with E-state index in [0.29, 0.717) is 6.54 Å². The van der Waals surface area contributed by atoms with Crippen molar-refractivity contribution < 1.29 is 4.79 Å². The zero-order chi connectivity index (χ0) is 14.6. The molecule has 0 saturated carbocycles. The molecule has 1 aliphatic heterocycles. The van der Waals surface area contributed by atoms with Crippen molar-refractivity contribution in [3.05, 3.63) is 47.0 Å². The molecule has 1 aromatic carbocycles. The van der Waals surface area contributed by atoms with E-state index in [2.05, 4.69) is 29.7 Å². The number of carbonyl (C=O) groups is 1. The summed E-state index contributed by atoms with van der Waals surface area (Å²) < 4.78 is 0. The summed E-state index contributed by atoms with van der Waals surface area (Å²) >= 11 is 0. The third-order valence-electron chi connectivity index (χ3n) is 4.02. The van der Waals surface area contributed by atoms with Gasteiger partial charge in [-0.1, -0.05) is 35.9 Å². The molecule has 1 amide bonds. The van der Waals surface area contributed by atoms with Crippen LogP contribution in [-0.2, 0) is 10.2 Å². The Labute approximate surface area is 133 Å². The van der Waals surface area contributed by atoms with E-state index >= 15 is 0 Å². The number of nitrogens with one attached hydrogen (secondary N) is 2. The Balaban J connectivity index is 0.00000220. The average molecular weight is 309 g/mol. The molecule has 2 N–H and O–H groups in total. The van der Waals surface area contributed by atoms with Gasteiger partial charge < -0.3 is 10.6 Å². The van der Waals surface area contributed by atoms with Crippen LogP contribution in [-0.4, -0.2) is 25.5 Å². The van der Waals surface area contributed by atoms with Gasteiger partial charge in [0.2, 0.25) is 5.91 Å². The first-order chi connectivity index (χ1) is 9.51. The molecule has 3 nitrogen and oxygen atoms in total. The van der Waals surface area contributed by atoms with Crippen LogP contribution in [0.25, 0.3) is 0 Å². The number of benzene rings is 1. The molecule has 0 fully saturated rings. The van der Waals surface area contributed by atoms with Gasteiger partial charge in [-0.15, -0.1) is 12.4 Å². The molecular formula is C17H25ClN2O. The zero-order valence-electron chi connectivity index (χ0n) is 13.0. The van der Waals surface area contributed by atoms with Crippen LogP contribution >= 0.6 is 12.4 Å². The monoisotopic (exact) mass is 308 g/mol. The molecule has 4 heteroatoms. The maximum atomic E-state index is 12.5. The number of halogens is 1. The molecule has 0 saturated heterocycles. The summed E-state index contributed by atoms with van der Waals surface area (Å²) in [7, 11) is 0. The van der Waals surface area contributed by atoms with Crippen molar-refractivity contribution in [1.82, 2.24) is 10.6 Å². The predicted octanol–water partition coefficient (Wildman–Crippen LogP) is 2.73. The van der Waals surface area contributed by atoms with Gasteiger partial charge in [0.25, 0.3) is 0 Å². The van der Waals surface area contributed by atoms with Crippen LogP contribution in [0, 0.1) is 6.92 Å². The molecule has 0 unspecified atom stereocenters. The smallest absolute Gasteiger partial charge is 0.230 e. The third-order valence-corrected chi connectivity index (χ3v) is 4.02. The van der Waals surface area contributed by atoms with E-state index in [-0.39, 0.29) is 18.3 Å². The van der Waals surface area contributed by atoms with Crippen LogP contribution < -0.4 is 10.6 Å². The van der Waals surface area contributed by atoms with Crippen LogP contribution in [0.1, 0.15) is 31.4 Å². The fraction of sp³-hybridized carbons (Fsp3) is 0.471. The van der Waals surface area contributed by atoms with Gasteiger partial charge >= 0.3 is 0 Å². The van der Waals surface area contributed by atoms with Gasteiger partial charge in [0, 0.05) is 13.1 Å². The first-order valence-corrected chi connectivity index (χ1v) is 7.25. The van der Waals surface area contributed by atoms with Crippen molar-refractivity contribution in [3.63, 3.8) is 0 Å².